The van der Waals surface area contributed by atoms with E-state index in [9.17, 15) is 8.78 Å². The summed E-state index contributed by atoms with van der Waals surface area (Å²) in [6, 6.07) is 8.59. The molecule has 0 amide bonds. The third-order valence-corrected chi connectivity index (χ3v) is 2.21. The van der Waals surface area contributed by atoms with Gasteiger partial charge in [-0.3, -0.25) is 0 Å². The molecule has 0 bridgehead atoms. The Morgan fingerprint density at radius 2 is 1.92 bits per heavy atom. The summed E-state index contributed by atoms with van der Waals surface area (Å²) in [7, 11) is 0. The van der Waals surface area contributed by atoms with Crippen LogP contribution in [-0.2, 0) is 5.75 Å². The second-order valence-corrected chi connectivity index (χ2v) is 3.36. The third kappa shape index (κ3) is 3.43. The fraction of sp³-hybridized carbons (Fsp3) is 0.222. The molecule has 0 aromatic heterocycles. The van der Waals surface area contributed by atoms with Gasteiger partial charge in [-0.05, 0) is 17.7 Å². The van der Waals surface area contributed by atoms with Crippen LogP contribution in [-0.4, -0.2) is 5.76 Å². The molecular weight excluding hydrogens is 192 g/mol. The minimum Gasteiger partial charge on any atom is -0.198 e. The van der Waals surface area contributed by atoms with E-state index in [1.165, 1.54) is 0 Å². The number of hydrogen-bond acceptors (Lipinski definition) is 2. The number of halogens is 2. The Morgan fingerprint density at radius 1 is 1.31 bits per heavy atom. The molecule has 0 aliphatic heterocycles. The quantitative estimate of drug-likeness (QED) is 0.747. The van der Waals surface area contributed by atoms with E-state index in [0.29, 0.717) is 17.3 Å². The highest BCUT2D eigenvalue weighted by atomic mass is 32.2. The van der Waals surface area contributed by atoms with Crippen LogP contribution in [0.4, 0.5) is 8.78 Å². The molecule has 0 spiro atoms. The van der Waals surface area contributed by atoms with Crippen LogP contribution in [0.1, 0.15) is 11.1 Å². The Balaban J connectivity index is 2.55. The van der Waals surface area contributed by atoms with Gasteiger partial charge in [-0.15, -0.1) is 0 Å². The predicted molar refractivity (Wildman–Crippen MR) is 48.5 cm³/mol. The first kappa shape index (κ1) is 10.0. The molecule has 13 heavy (non-hydrogen) atoms. The summed E-state index contributed by atoms with van der Waals surface area (Å²) in [6.45, 7) is 0. The number of nitriles is 1. The maximum Gasteiger partial charge on any atom is 0.284 e. The molecule has 4 heteroatoms. The molecule has 0 saturated carbocycles. The molecule has 1 aromatic carbocycles. The summed E-state index contributed by atoms with van der Waals surface area (Å²) in [5.41, 5.74) is 1.36. The Kier molecular flexibility index (Phi) is 3.71. The molecule has 0 radical (unpaired) electrons. The molecular formula is C9H7F2NS. The molecule has 0 aliphatic carbocycles. The van der Waals surface area contributed by atoms with Gasteiger partial charge >= 0.3 is 0 Å². The van der Waals surface area contributed by atoms with Crippen LogP contribution in [0.3, 0.4) is 0 Å². The zero-order valence-corrected chi connectivity index (χ0v) is 7.52. The van der Waals surface area contributed by atoms with Gasteiger partial charge in [0.1, 0.15) is 0 Å². The SMILES string of the molecule is N#Cc1ccc(CSC(F)F)cc1. The Hall–Kier alpha value is -1.08. The molecule has 1 rings (SSSR count). The lowest BCUT2D eigenvalue weighted by atomic mass is 10.2. The van der Waals surface area contributed by atoms with E-state index in [1.54, 1.807) is 24.3 Å². The highest BCUT2D eigenvalue weighted by Gasteiger charge is 2.02. The molecule has 0 N–H and O–H groups in total. The normalized spacial score (nSPS) is 10.0. The minimum atomic E-state index is -2.34. The minimum absolute atomic E-state index is 0.281. The van der Waals surface area contributed by atoms with Crippen LogP contribution in [0.25, 0.3) is 0 Å². The lowest BCUT2D eigenvalue weighted by Crippen LogP contribution is -1.85. The maximum atomic E-state index is 11.8. The summed E-state index contributed by atoms with van der Waals surface area (Å²) >= 11 is 0.582. The summed E-state index contributed by atoms with van der Waals surface area (Å²) in [5.74, 6) is -2.06. The first-order valence-corrected chi connectivity index (χ1v) is 4.66. The first-order chi connectivity index (χ1) is 6.22. The highest BCUT2D eigenvalue weighted by molar-refractivity contribution is 7.98. The number of thioether (sulfide) groups is 1. The monoisotopic (exact) mass is 199 g/mol. The molecule has 1 aromatic rings. The molecule has 68 valence electrons. The van der Waals surface area contributed by atoms with Crippen molar-refractivity contribution in [1.82, 2.24) is 0 Å². The lowest BCUT2D eigenvalue weighted by molar-refractivity contribution is 0.252. The molecule has 0 saturated heterocycles. The van der Waals surface area contributed by atoms with Crippen LogP contribution in [0, 0.1) is 11.3 Å². The van der Waals surface area contributed by atoms with Crippen molar-refractivity contribution < 1.29 is 8.78 Å². The van der Waals surface area contributed by atoms with E-state index in [1.807, 2.05) is 6.07 Å². The van der Waals surface area contributed by atoms with E-state index < -0.39 is 5.76 Å². The van der Waals surface area contributed by atoms with Gasteiger partial charge in [-0.1, -0.05) is 23.9 Å². The maximum absolute atomic E-state index is 11.8. The van der Waals surface area contributed by atoms with Gasteiger partial charge in [-0.2, -0.15) is 14.0 Å². The number of rotatable bonds is 3. The van der Waals surface area contributed by atoms with E-state index in [4.69, 9.17) is 5.26 Å². The van der Waals surface area contributed by atoms with Gasteiger partial charge in [0.25, 0.3) is 5.76 Å². The highest BCUT2D eigenvalue weighted by Crippen LogP contribution is 2.19. The van der Waals surface area contributed by atoms with Crippen LogP contribution in [0.15, 0.2) is 24.3 Å². The summed E-state index contributed by atoms with van der Waals surface area (Å²) in [4.78, 5) is 0. The Morgan fingerprint density at radius 3 is 2.38 bits per heavy atom. The van der Waals surface area contributed by atoms with Gasteiger partial charge in [0.15, 0.2) is 0 Å². The van der Waals surface area contributed by atoms with Crippen molar-refractivity contribution >= 4 is 11.8 Å². The largest absolute Gasteiger partial charge is 0.284 e. The van der Waals surface area contributed by atoms with E-state index >= 15 is 0 Å². The smallest absolute Gasteiger partial charge is 0.198 e. The summed E-state index contributed by atoms with van der Waals surface area (Å²) in [6.07, 6.45) is 0. The van der Waals surface area contributed by atoms with Crippen molar-refractivity contribution in [1.29, 1.82) is 5.26 Å². The number of hydrogen-bond donors (Lipinski definition) is 0. The fourth-order valence-electron chi connectivity index (χ4n) is 0.835. The Bertz CT molecular complexity index is 302. The lowest BCUT2D eigenvalue weighted by Gasteiger charge is -1.99. The van der Waals surface area contributed by atoms with Gasteiger partial charge in [0, 0.05) is 5.75 Å². The number of nitrogens with zero attached hydrogens (tertiary/aromatic N) is 1. The standard InChI is InChI=1S/C9H7F2NS/c10-9(11)13-6-8-3-1-7(5-12)2-4-8/h1-4,9H,6H2. The second kappa shape index (κ2) is 4.83. The van der Waals surface area contributed by atoms with Crippen LogP contribution in [0.2, 0.25) is 0 Å². The Labute approximate surface area is 79.4 Å². The summed E-state index contributed by atoms with van der Waals surface area (Å²) in [5, 5.41) is 8.47. The van der Waals surface area contributed by atoms with Crippen molar-refractivity contribution in [2.24, 2.45) is 0 Å². The van der Waals surface area contributed by atoms with Crippen LogP contribution >= 0.6 is 11.8 Å². The molecule has 1 nitrogen and oxygen atoms in total. The van der Waals surface area contributed by atoms with Gasteiger partial charge < -0.3 is 0 Å². The van der Waals surface area contributed by atoms with E-state index in [2.05, 4.69) is 0 Å². The van der Waals surface area contributed by atoms with E-state index in [-0.39, 0.29) is 5.75 Å². The molecule has 0 aliphatic rings. The zero-order valence-electron chi connectivity index (χ0n) is 6.71. The average Bonchev–Trinajstić information content (AvgIpc) is 2.15. The van der Waals surface area contributed by atoms with Crippen LogP contribution < -0.4 is 0 Å². The third-order valence-electron chi connectivity index (χ3n) is 1.46. The predicted octanol–water partition coefficient (Wildman–Crippen LogP) is 3.01. The molecule has 0 heterocycles. The van der Waals surface area contributed by atoms with Crippen molar-refractivity contribution in [3.8, 4) is 6.07 Å². The van der Waals surface area contributed by atoms with Crippen molar-refractivity contribution in [3.63, 3.8) is 0 Å². The van der Waals surface area contributed by atoms with Gasteiger partial charge in [0.05, 0.1) is 11.6 Å². The van der Waals surface area contributed by atoms with E-state index in [0.717, 1.165) is 5.56 Å². The molecule has 0 atom stereocenters. The average molecular weight is 199 g/mol. The van der Waals surface area contributed by atoms with Crippen molar-refractivity contribution in [2.75, 3.05) is 0 Å². The van der Waals surface area contributed by atoms with Crippen molar-refractivity contribution in [3.05, 3.63) is 35.4 Å². The molecule has 0 unspecified atom stereocenters. The number of alkyl halides is 2. The number of benzene rings is 1. The molecule has 0 fully saturated rings. The van der Waals surface area contributed by atoms with Crippen molar-refractivity contribution in [2.45, 2.75) is 11.5 Å². The zero-order chi connectivity index (χ0) is 9.68. The fourth-order valence-corrected chi connectivity index (χ4v) is 1.35. The topological polar surface area (TPSA) is 23.8 Å². The first-order valence-electron chi connectivity index (χ1n) is 3.61. The second-order valence-electron chi connectivity index (χ2n) is 2.38. The summed E-state index contributed by atoms with van der Waals surface area (Å²) < 4.78 is 23.6. The van der Waals surface area contributed by atoms with Gasteiger partial charge in [-0.25, -0.2) is 0 Å². The van der Waals surface area contributed by atoms with Crippen LogP contribution in [0.5, 0.6) is 0 Å². The van der Waals surface area contributed by atoms with Gasteiger partial charge in [0.2, 0.25) is 0 Å².